The van der Waals surface area contributed by atoms with Crippen LogP contribution in [0.5, 0.6) is 5.75 Å². The molecule has 0 amide bonds. The average Bonchev–Trinajstić information content (AvgIpc) is 2.29. The summed E-state index contributed by atoms with van der Waals surface area (Å²) in [7, 11) is 0. The molecule has 1 N–H and O–H groups in total. The number of hydrogen-bond donors (Lipinski definition) is 1. The van der Waals surface area contributed by atoms with E-state index < -0.39 is 0 Å². The maximum absolute atomic E-state index is 5.89. The first-order valence-electron chi connectivity index (χ1n) is 6.65. The SMILES string of the molecule is CC1CCNC(c2ccccc2OC(C)C)C1. The second-order valence-electron chi connectivity index (χ2n) is 5.34. The van der Waals surface area contributed by atoms with Crippen molar-refractivity contribution < 1.29 is 4.74 Å². The first-order chi connectivity index (χ1) is 8.16. The Morgan fingerprint density at radius 1 is 1.29 bits per heavy atom. The van der Waals surface area contributed by atoms with Gasteiger partial charge in [0.05, 0.1) is 6.10 Å². The second kappa shape index (κ2) is 5.54. The molecule has 2 rings (SSSR count). The van der Waals surface area contributed by atoms with Crippen molar-refractivity contribution in [2.24, 2.45) is 5.92 Å². The van der Waals surface area contributed by atoms with Gasteiger partial charge in [-0.2, -0.15) is 0 Å². The quantitative estimate of drug-likeness (QED) is 0.862. The molecule has 1 aliphatic rings. The average molecular weight is 233 g/mol. The van der Waals surface area contributed by atoms with Crippen LogP contribution in [0.1, 0.15) is 45.2 Å². The molecule has 1 aliphatic heterocycles. The van der Waals surface area contributed by atoms with Gasteiger partial charge in [0.1, 0.15) is 5.75 Å². The zero-order valence-electron chi connectivity index (χ0n) is 11.1. The molecule has 0 spiro atoms. The summed E-state index contributed by atoms with van der Waals surface area (Å²) in [4.78, 5) is 0. The lowest BCUT2D eigenvalue weighted by atomic mass is 9.90. The normalized spacial score (nSPS) is 24.9. The number of ether oxygens (including phenoxy) is 1. The van der Waals surface area contributed by atoms with Gasteiger partial charge in [-0.3, -0.25) is 0 Å². The van der Waals surface area contributed by atoms with Gasteiger partial charge in [0.2, 0.25) is 0 Å². The maximum Gasteiger partial charge on any atom is 0.124 e. The molecule has 1 saturated heterocycles. The minimum Gasteiger partial charge on any atom is -0.491 e. The topological polar surface area (TPSA) is 21.3 Å². The molecule has 0 bridgehead atoms. The molecule has 0 saturated carbocycles. The highest BCUT2D eigenvalue weighted by molar-refractivity contribution is 5.36. The van der Waals surface area contributed by atoms with Gasteiger partial charge >= 0.3 is 0 Å². The minimum absolute atomic E-state index is 0.233. The van der Waals surface area contributed by atoms with Gasteiger partial charge in [-0.25, -0.2) is 0 Å². The molecule has 2 heteroatoms. The Morgan fingerprint density at radius 3 is 2.76 bits per heavy atom. The van der Waals surface area contributed by atoms with Crippen LogP contribution in [0.4, 0.5) is 0 Å². The van der Waals surface area contributed by atoms with Crippen LogP contribution in [-0.2, 0) is 0 Å². The highest BCUT2D eigenvalue weighted by atomic mass is 16.5. The van der Waals surface area contributed by atoms with E-state index in [1.54, 1.807) is 0 Å². The van der Waals surface area contributed by atoms with Crippen LogP contribution in [0.3, 0.4) is 0 Å². The van der Waals surface area contributed by atoms with Crippen LogP contribution in [0.15, 0.2) is 24.3 Å². The van der Waals surface area contributed by atoms with E-state index in [1.165, 1.54) is 18.4 Å². The van der Waals surface area contributed by atoms with Gasteiger partial charge in [0.15, 0.2) is 0 Å². The van der Waals surface area contributed by atoms with E-state index in [0.29, 0.717) is 6.04 Å². The second-order valence-corrected chi connectivity index (χ2v) is 5.34. The predicted octanol–water partition coefficient (Wildman–Crippen LogP) is 3.53. The Bertz CT molecular complexity index is 362. The number of piperidine rings is 1. The molecule has 2 unspecified atom stereocenters. The lowest BCUT2D eigenvalue weighted by Crippen LogP contribution is -2.31. The van der Waals surface area contributed by atoms with E-state index in [4.69, 9.17) is 4.74 Å². The third-order valence-electron chi connectivity index (χ3n) is 3.32. The van der Waals surface area contributed by atoms with Crippen molar-refractivity contribution in [2.45, 2.75) is 45.8 Å². The highest BCUT2D eigenvalue weighted by Gasteiger charge is 2.22. The number of rotatable bonds is 3. The fourth-order valence-corrected chi connectivity index (χ4v) is 2.47. The molecular weight excluding hydrogens is 210 g/mol. The van der Waals surface area contributed by atoms with Crippen molar-refractivity contribution in [3.8, 4) is 5.75 Å². The summed E-state index contributed by atoms with van der Waals surface area (Å²) in [6, 6.07) is 8.87. The zero-order valence-corrected chi connectivity index (χ0v) is 11.1. The van der Waals surface area contributed by atoms with Crippen molar-refractivity contribution in [1.82, 2.24) is 5.32 Å². The largest absolute Gasteiger partial charge is 0.491 e. The molecule has 2 nitrogen and oxygen atoms in total. The molecule has 1 aromatic rings. The van der Waals surface area contributed by atoms with E-state index in [1.807, 2.05) is 6.07 Å². The zero-order chi connectivity index (χ0) is 12.3. The standard InChI is InChI=1S/C15H23NO/c1-11(2)17-15-7-5-4-6-13(15)14-10-12(3)8-9-16-14/h4-7,11-12,14,16H,8-10H2,1-3H3. The minimum atomic E-state index is 0.233. The molecule has 1 fully saturated rings. The molecule has 0 radical (unpaired) electrons. The summed E-state index contributed by atoms with van der Waals surface area (Å²) < 4.78 is 5.89. The lowest BCUT2D eigenvalue weighted by Gasteiger charge is -2.30. The van der Waals surface area contributed by atoms with E-state index in [9.17, 15) is 0 Å². The van der Waals surface area contributed by atoms with Crippen LogP contribution in [0, 0.1) is 5.92 Å². The Balaban J connectivity index is 2.18. The van der Waals surface area contributed by atoms with Gasteiger partial charge < -0.3 is 10.1 Å². The summed E-state index contributed by atoms with van der Waals surface area (Å²) >= 11 is 0. The maximum atomic E-state index is 5.89. The molecule has 1 heterocycles. The van der Waals surface area contributed by atoms with Crippen molar-refractivity contribution in [3.63, 3.8) is 0 Å². The van der Waals surface area contributed by atoms with E-state index in [0.717, 1.165) is 18.2 Å². The summed E-state index contributed by atoms with van der Waals surface area (Å²) in [6.45, 7) is 7.60. The summed E-state index contributed by atoms with van der Waals surface area (Å²) in [5.41, 5.74) is 1.31. The van der Waals surface area contributed by atoms with Gasteiger partial charge in [0.25, 0.3) is 0 Å². The highest BCUT2D eigenvalue weighted by Crippen LogP contribution is 2.32. The molecule has 94 valence electrons. The summed E-state index contributed by atoms with van der Waals surface area (Å²) in [5.74, 6) is 1.84. The third-order valence-corrected chi connectivity index (χ3v) is 3.32. The van der Waals surface area contributed by atoms with Crippen molar-refractivity contribution >= 4 is 0 Å². The van der Waals surface area contributed by atoms with Gasteiger partial charge in [0, 0.05) is 11.6 Å². The smallest absolute Gasteiger partial charge is 0.124 e. The van der Waals surface area contributed by atoms with Gasteiger partial charge in [-0.05, 0) is 45.2 Å². The molecule has 17 heavy (non-hydrogen) atoms. The third kappa shape index (κ3) is 3.22. The number of benzene rings is 1. The van der Waals surface area contributed by atoms with Crippen LogP contribution in [0.2, 0.25) is 0 Å². The van der Waals surface area contributed by atoms with E-state index in [2.05, 4.69) is 44.3 Å². The Kier molecular flexibility index (Phi) is 4.06. The Morgan fingerprint density at radius 2 is 2.06 bits per heavy atom. The summed E-state index contributed by atoms with van der Waals surface area (Å²) in [5, 5.41) is 3.60. The number of hydrogen-bond acceptors (Lipinski definition) is 2. The predicted molar refractivity (Wildman–Crippen MR) is 71.3 cm³/mol. The fraction of sp³-hybridized carbons (Fsp3) is 0.600. The fourth-order valence-electron chi connectivity index (χ4n) is 2.47. The van der Waals surface area contributed by atoms with E-state index >= 15 is 0 Å². The number of para-hydroxylation sites is 1. The lowest BCUT2D eigenvalue weighted by molar-refractivity contribution is 0.233. The monoisotopic (exact) mass is 233 g/mol. The van der Waals surface area contributed by atoms with Gasteiger partial charge in [-0.1, -0.05) is 25.1 Å². The summed E-state index contributed by atoms with van der Waals surface area (Å²) in [6.07, 6.45) is 2.72. The molecule has 0 aromatic heterocycles. The van der Waals surface area contributed by atoms with Gasteiger partial charge in [-0.15, -0.1) is 0 Å². The van der Waals surface area contributed by atoms with Crippen molar-refractivity contribution in [2.75, 3.05) is 6.54 Å². The first kappa shape index (κ1) is 12.4. The van der Waals surface area contributed by atoms with Crippen molar-refractivity contribution in [3.05, 3.63) is 29.8 Å². The Hall–Kier alpha value is -1.02. The van der Waals surface area contributed by atoms with E-state index in [-0.39, 0.29) is 6.10 Å². The molecular formula is C15H23NO. The van der Waals surface area contributed by atoms with Crippen LogP contribution < -0.4 is 10.1 Å². The number of nitrogens with one attached hydrogen (secondary N) is 1. The van der Waals surface area contributed by atoms with Crippen LogP contribution >= 0.6 is 0 Å². The van der Waals surface area contributed by atoms with Crippen LogP contribution in [0.25, 0.3) is 0 Å². The van der Waals surface area contributed by atoms with Crippen LogP contribution in [-0.4, -0.2) is 12.6 Å². The molecule has 1 aromatic carbocycles. The molecule has 2 atom stereocenters. The first-order valence-corrected chi connectivity index (χ1v) is 6.65. The Labute approximate surface area is 104 Å². The van der Waals surface area contributed by atoms with Crippen molar-refractivity contribution in [1.29, 1.82) is 0 Å². The molecule has 0 aliphatic carbocycles.